The molecule has 1 fully saturated rings. The van der Waals surface area contributed by atoms with Gasteiger partial charge in [-0.3, -0.25) is 0 Å². The molecule has 2 unspecified atom stereocenters. The lowest BCUT2D eigenvalue weighted by Gasteiger charge is -2.25. The summed E-state index contributed by atoms with van der Waals surface area (Å²) in [6.45, 7) is 2.08. The largest absolute Gasteiger partial charge is 0.497 e. The molecule has 0 spiro atoms. The van der Waals surface area contributed by atoms with Crippen LogP contribution in [0.25, 0.3) is 0 Å². The van der Waals surface area contributed by atoms with Gasteiger partial charge in [-0.15, -0.1) is 0 Å². The number of hydrogen-bond donors (Lipinski definition) is 2. The van der Waals surface area contributed by atoms with Crippen LogP contribution >= 0.6 is 0 Å². The van der Waals surface area contributed by atoms with E-state index >= 15 is 0 Å². The summed E-state index contributed by atoms with van der Waals surface area (Å²) < 4.78 is 10.6. The second-order valence-electron chi connectivity index (χ2n) is 5.01. The molecule has 1 aromatic carbocycles. The van der Waals surface area contributed by atoms with E-state index < -0.39 is 6.10 Å². The van der Waals surface area contributed by atoms with Crippen molar-refractivity contribution in [3.8, 4) is 11.5 Å². The van der Waals surface area contributed by atoms with Crippen LogP contribution in [0.15, 0.2) is 18.2 Å². The van der Waals surface area contributed by atoms with Crippen LogP contribution in [0, 0.1) is 0 Å². The number of aliphatic hydroxyl groups is 1. The molecule has 0 aliphatic heterocycles. The van der Waals surface area contributed by atoms with Crippen molar-refractivity contribution in [1.29, 1.82) is 0 Å². The van der Waals surface area contributed by atoms with E-state index in [0.29, 0.717) is 11.8 Å². The lowest BCUT2D eigenvalue weighted by Crippen LogP contribution is -2.36. The standard InChI is InChI=1S/C15H23NO3/c1-4-13(16-10-5-6-10)15(17)12-9-11(18-2)7-8-14(12)19-3/h7-10,13,15-17H,4-6H2,1-3H3. The monoisotopic (exact) mass is 265 g/mol. The molecule has 0 heterocycles. The maximum Gasteiger partial charge on any atom is 0.124 e. The van der Waals surface area contributed by atoms with E-state index in [1.165, 1.54) is 12.8 Å². The molecule has 1 aliphatic carbocycles. The number of aliphatic hydroxyl groups excluding tert-OH is 1. The number of nitrogens with one attached hydrogen (secondary N) is 1. The molecule has 19 heavy (non-hydrogen) atoms. The topological polar surface area (TPSA) is 50.7 Å². The molecule has 4 heteroatoms. The number of rotatable bonds is 7. The first-order chi connectivity index (χ1) is 9.19. The third-order valence-electron chi connectivity index (χ3n) is 3.60. The fourth-order valence-electron chi connectivity index (χ4n) is 2.27. The van der Waals surface area contributed by atoms with Crippen LogP contribution in [0.5, 0.6) is 11.5 Å². The van der Waals surface area contributed by atoms with Crippen LogP contribution in [0.1, 0.15) is 37.9 Å². The zero-order chi connectivity index (χ0) is 13.8. The Morgan fingerprint density at radius 2 is 2.05 bits per heavy atom. The van der Waals surface area contributed by atoms with Crippen LogP contribution in [0.4, 0.5) is 0 Å². The van der Waals surface area contributed by atoms with Gasteiger partial charge in [0.15, 0.2) is 0 Å². The van der Waals surface area contributed by atoms with E-state index in [4.69, 9.17) is 9.47 Å². The van der Waals surface area contributed by atoms with Gasteiger partial charge in [-0.1, -0.05) is 6.92 Å². The first-order valence-electron chi connectivity index (χ1n) is 6.85. The molecule has 1 aliphatic rings. The average Bonchev–Trinajstić information content (AvgIpc) is 3.27. The highest BCUT2D eigenvalue weighted by Gasteiger charge is 2.29. The first kappa shape index (κ1) is 14.2. The van der Waals surface area contributed by atoms with Crippen LogP contribution in [0.3, 0.4) is 0 Å². The molecule has 1 saturated carbocycles. The quantitative estimate of drug-likeness (QED) is 0.794. The van der Waals surface area contributed by atoms with Gasteiger partial charge in [0.1, 0.15) is 11.5 Å². The number of hydrogen-bond acceptors (Lipinski definition) is 4. The summed E-state index contributed by atoms with van der Waals surface area (Å²) in [6, 6.07) is 6.14. The highest BCUT2D eigenvalue weighted by molar-refractivity contribution is 5.42. The molecule has 0 aromatic heterocycles. The summed E-state index contributed by atoms with van der Waals surface area (Å²) in [5.41, 5.74) is 0.779. The van der Waals surface area contributed by atoms with Crippen molar-refractivity contribution in [2.75, 3.05) is 14.2 Å². The summed E-state index contributed by atoms with van der Waals surface area (Å²) in [5.74, 6) is 1.43. The van der Waals surface area contributed by atoms with Crippen molar-refractivity contribution < 1.29 is 14.6 Å². The molecule has 0 radical (unpaired) electrons. The van der Waals surface area contributed by atoms with Crippen molar-refractivity contribution >= 4 is 0 Å². The minimum atomic E-state index is -0.587. The zero-order valence-corrected chi connectivity index (χ0v) is 11.8. The van der Waals surface area contributed by atoms with Gasteiger partial charge in [-0.25, -0.2) is 0 Å². The summed E-state index contributed by atoms with van der Waals surface area (Å²) in [4.78, 5) is 0. The summed E-state index contributed by atoms with van der Waals surface area (Å²) >= 11 is 0. The SMILES string of the molecule is CCC(NC1CC1)C(O)c1cc(OC)ccc1OC. The number of ether oxygens (including phenoxy) is 2. The van der Waals surface area contributed by atoms with Gasteiger partial charge in [0.05, 0.1) is 20.3 Å². The van der Waals surface area contributed by atoms with E-state index in [0.717, 1.165) is 17.7 Å². The van der Waals surface area contributed by atoms with Gasteiger partial charge in [0, 0.05) is 17.6 Å². The Hall–Kier alpha value is -1.26. The average molecular weight is 265 g/mol. The minimum absolute atomic E-state index is 0.0495. The van der Waals surface area contributed by atoms with Crippen molar-refractivity contribution in [1.82, 2.24) is 5.32 Å². The second-order valence-corrected chi connectivity index (χ2v) is 5.01. The fourth-order valence-corrected chi connectivity index (χ4v) is 2.27. The minimum Gasteiger partial charge on any atom is -0.497 e. The molecule has 2 rings (SSSR count). The van der Waals surface area contributed by atoms with E-state index in [2.05, 4.69) is 12.2 Å². The first-order valence-corrected chi connectivity index (χ1v) is 6.85. The molecule has 0 saturated heterocycles. The molecule has 106 valence electrons. The van der Waals surface area contributed by atoms with Crippen molar-refractivity contribution in [3.05, 3.63) is 23.8 Å². The molecule has 1 aromatic rings. The zero-order valence-electron chi connectivity index (χ0n) is 11.8. The highest BCUT2D eigenvalue weighted by atomic mass is 16.5. The predicted octanol–water partition coefficient (Wildman–Crippen LogP) is 2.27. The van der Waals surface area contributed by atoms with Crippen LogP contribution < -0.4 is 14.8 Å². The summed E-state index contributed by atoms with van der Waals surface area (Å²) in [5, 5.41) is 14.1. The smallest absolute Gasteiger partial charge is 0.124 e. The van der Waals surface area contributed by atoms with E-state index in [1.54, 1.807) is 14.2 Å². The van der Waals surface area contributed by atoms with Gasteiger partial charge in [0.2, 0.25) is 0 Å². The molecule has 2 N–H and O–H groups in total. The lowest BCUT2D eigenvalue weighted by molar-refractivity contribution is 0.121. The maximum absolute atomic E-state index is 10.6. The third-order valence-corrected chi connectivity index (χ3v) is 3.60. The molecule has 4 nitrogen and oxygen atoms in total. The van der Waals surface area contributed by atoms with Gasteiger partial charge < -0.3 is 19.9 Å². The fraction of sp³-hybridized carbons (Fsp3) is 0.600. The van der Waals surface area contributed by atoms with Crippen molar-refractivity contribution in [2.45, 2.75) is 44.4 Å². The molecule has 2 atom stereocenters. The Labute approximate surface area is 114 Å². The van der Waals surface area contributed by atoms with Crippen LogP contribution in [-0.4, -0.2) is 31.4 Å². The third kappa shape index (κ3) is 3.39. The van der Waals surface area contributed by atoms with Gasteiger partial charge in [-0.2, -0.15) is 0 Å². The van der Waals surface area contributed by atoms with Crippen molar-refractivity contribution in [2.24, 2.45) is 0 Å². The predicted molar refractivity (Wildman–Crippen MR) is 74.7 cm³/mol. The Morgan fingerprint density at radius 3 is 2.58 bits per heavy atom. The van der Waals surface area contributed by atoms with Crippen LogP contribution in [-0.2, 0) is 0 Å². The van der Waals surface area contributed by atoms with Crippen LogP contribution in [0.2, 0.25) is 0 Å². The lowest BCUT2D eigenvalue weighted by atomic mass is 9.99. The Bertz CT molecular complexity index is 418. The van der Waals surface area contributed by atoms with E-state index in [1.807, 2.05) is 18.2 Å². The van der Waals surface area contributed by atoms with E-state index in [-0.39, 0.29) is 6.04 Å². The van der Waals surface area contributed by atoms with Gasteiger partial charge in [-0.05, 0) is 37.5 Å². The molecular formula is C15H23NO3. The van der Waals surface area contributed by atoms with Gasteiger partial charge in [0.25, 0.3) is 0 Å². The Morgan fingerprint density at radius 1 is 1.32 bits per heavy atom. The van der Waals surface area contributed by atoms with Crippen molar-refractivity contribution in [3.63, 3.8) is 0 Å². The molecule has 0 amide bonds. The normalized spacial score (nSPS) is 17.9. The number of benzene rings is 1. The van der Waals surface area contributed by atoms with Gasteiger partial charge >= 0.3 is 0 Å². The second kappa shape index (κ2) is 6.26. The summed E-state index contributed by atoms with van der Waals surface area (Å²) in [7, 11) is 3.24. The maximum atomic E-state index is 10.6. The van der Waals surface area contributed by atoms with E-state index in [9.17, 15) is 5.11 Å². The Kier molecular flexibility index (Phi) is 4.66. The molecule has 0 bridgehead atoms. The Balaban J connectivity index is 2.20. The highest BCUT2D eigenvalue weighted by Crippen LogP contribution is 2.33. The molecular weight excluding hydrogens is 242 g/mol. The summed E-state index contributed by atoms with van der Waals surface area (Å²) in [6.07, 6.45) is 2.70. The number of methoxy groups -OCH3 is 2.